The number of sulfonamides is 1. The first kappa shape index (κ1) is 22.1. The highest BCUT2D eigenvalue weighted by atomic mass is 127. The van der Waals surface area contributed by atoms with Gasteiger partial charge in [-0.3, -0.25) is 0 Å². The molecule has 1 aromatic rings. The van der Waals surface area contributed by atoms with Gasteiger partial charge in [0.15, 0.2) is 5.96 Å². The molecular weight excluding hydrogens is 431 g/mol. The Bertz CT molecular complexity index is 620. The Balaban J connectivity index is 0.00000484. The maximum absolute atomic E-state index is 12.3. The number of hydrogen-bond donors (Lipinski definition) is 2. The minimum absolute atomic E-state index is 0. The monoisotopic (exact) mass is 456 g/mol. The summed E-state index contributed by atoms with van der Waals surface area (Å²) in [5.74, 6) is 0.251. The molecule has 7 nitrogen and oxygen atoms in total. The van der Waals surface area contributed by atoms with Crippen LogP contribution in [0.25, 0.3) is 0 Å². The van der Waals surface area contributed by atoms with Crippen LogP contribution in [0.1, 0.15) is 12.5 Å². The SMILES string of the molecule is COCC(C)NC(N)=NCc1ccccc1S(=O)(=O)N(C)C.I. The molecule has 0 spiro atoms. The number of benzene rings is 1. The highest BCUT2D eigenvalue weighted by molar-refractivity contribution is 14.0. The predicted molar refractivity (Wildman–Crippen MR) is 103 cm³/mol. The molecule has 9 heteroatoms. The number of nitrogens with one attached hydrogen (secondary N) is 1. The third kappa shape index (κ3) is 6.61. The molecule has 0 aliphatic rings. The highest BCUT2D eigenvalue weighted by Crippen LogP contribution is 2.19. The van der Waals surface area contributed by atoms with Crippen LogP contribution >= 0.6 is 24.0 Å². The van der Waals surface area contributed by atoms with E-state index in [-0.39, 0.29) is 47.4 Å². The van der Waals surface area contributed by atoms with Crippen LogP contribution in [-0.2, 0) is 21.3 Å². The summed E-state index contributed by atoms with van der Waals surface area (Å²) in [6, 6.07) is 6.78. The van der Waals surface area contributed by atoms with E-state index in [0.29, 0.717) is 12.2 Å². The average Bonchev–Trinajstić information content (AvgIpc) is 2.45. The van der Waals surface area contributed by atoms with E-state index < -0.39 is 10.0 Å². The quantitative estimate of drug-likeness (QED) is 0.363. The summed E-state index contributed by atoms with van der Waals surface area (Å²) in [6.07, 6.45) is 0. The van der Waals surface area contributed by atoms with E-state index in [2.05, 4.69) is 10.3 Å². The molecular formula is C14H25IN4O3S. The first-order valence-electron chi connectivity index (χ1n) is 6.85. The van der Waals surface area contributed by atoms with Crippen molar-refractivity contribution >= 4 is 40.0 Å². The Morgan fingerprint density at radius 1 is 1.39 bits per heavy atom. The number of guanidine groups is 1. The van der Waals surface area contributed by atoms with Crippen LogP contribution in [0.3, 0.4) is 0 Å². The van der Waals surface area contributed by atoms with E-state index >= 15 is 0 Å². The van der Waals surface area contributed by atoms with Crippen LogP contribution in [0.15, 0.2) is 34.2 Å². The minimum Gasteiger partial charge on any atom is -0.383 e. The lowest BCUT2D eigenvalue weighted by Crippen LogP contribution is -2.40. The molecule has 0 bridgehead atoms. The van der Waals surface area contributed by atoms with Gasteiger partial charge in [-0.15, -0.1) is 24.0 Å². The van der Waals surface area contributed by atoms with Gasteiger partial charge in [-0.05, 0) is 18.6 Å². The average molecular weight is 456 g/mol. The molecule has 1 rings (SSSR count). The zero-order chi connectivity index (χ0) is 16.8. The largest absolute Gasteiger partial charge is 0.383 e. The third-order valence-corrected chi connectivity index (χ3v) is 4.88. The summed E-state index contributed by atoms with van der Waals surface area (Å²) >= 11 is 0. The summed E-state index contributed by atoms with van der Waals surface area (Å²) < 4.78 is 30.7. The second-order valence-corrected chi connectivity index (χ2v) is 7.22. The van der Waals surface area contributed by atoms with Crippen molar-refractivity contribution in [1.82, 2.24) is 9.62 Å². The molecule has 1 aromatic carbocycles. The zero-order valence-electron chi connectivity index (χ0n) is 13.8. The lowest BCUT2D eigenvalue weighted by molar-refractivity contribution is 0.179. The Hall–Kier alpha value is -0.910. The maximum atomic E-state index is 12.3. The lowest BCUT2D eigenvalue weighted by Gasteiger charge is -2.15. The van der Waals surface area contributed by atoms with E-state index in [1.807, 2.05) is 6.92 Å². The second-order valence-electron chi connectivity index (χ2n) is 5.10. The van der Waals surface area contributed by atoms with Crippen LogP contribution in [0.2, 0.25) is 0 Å². The van der Waals surface area contributed by atoms with Gasteiger partial charge in [-0.1, -0.05) is 18.2 Å². The Kier molecular flexibility index (Phi) is 9.66. The molecule has 0 saturated carbocycles. The van der Waals surface area contributed by atoms with E-state index in [9.17, 15) is 8.42 Å². The second kappa shape index (κ2) is 10.1. The number of rotatable bonds is 7. The van der Waals surface area contributed by atoms with Gasteiger partial charge >= 0.3 is 0 Å². The molecule has 0 aliphatic carbocycles. The number of nitrogens with zero attached hydrogens (tertiary/aromatic N) is 2. The van der Waals surface area contributed by atoms with Crippen LogP contribution < -0.4 is 11.1 Å². The molecule has 1 unspecified atom stereocenters. The van der Waals surface area contributed by atoms with Crippen molar-refractivity contribution in [1.29, 1.82) is 0 Å². The predicted octanol–water partition coefficient (Wildman–Crippen LogP) is 0.994. The van der Waals surface area contributed by atoms with Gasteiger partial charge in [-0.2, -0.15) is 0 Å². The molecule has 0 amide bonds. The van der Waals surface area contributed by atoms with E-state index in [1.165, 1.54) is 18.4 Å². The van der Waals surface area contributed by atoms with Gasteiger partial charge in [0.25, 0.3) is 0 Å². The Morgan fingerprint density at radius 2 is 2.00 bits per heavy atom. The van der Waals surface area contributed by atoms with Gasteiger partial charge in [-0.25, -0.2) is 17.7 Å². The zero-order valence-corrected chi connectivity index (χ0v) is 17.0. The maximum Gasteiger partial charge on any atom is 0.242 e. The van der Waals surface area contributed by atoms with Crippen molar-refractivity contribution in [3.8, 4) is 0 Å². The van der Waals surface area contributed by atoms with Crippen LogP contribution in [0, 0.1) is 0 Å². The normalized spacial score (nSPS) is 13.5. The van der Waals surface area contributed by atoms with Gasteiger partial charge in [0.05, 0.1) is 18.0 Å². The van der Waals surface area contributed by atoms with Crippen molar-refractivity contribution < 1.29 is 13.2 Å². The number of aliphatic imine (C=N–C) groups is 1. The van der Waals surface area contributed by atoms with Gasteiger partial charge in [0.2, 0.25) is 10.0 Å². The van der Waals surface area contributed by atoms with E-state index in [0.717, 1.165) is 0 Å². The Morgan fingerprint density at radius 3 is 2.57 bits per heavy atom. The summed E-state index contributed by atoms with van der Waals surface area (Å²) in [5, 5.41) is 2.97. The number of methoxy groups -OCH3 is 1. The van der Waals surface area contributed by atoms with Crippen molar-refractivity contribution in [2.24, 2.45) is 10.7 Å². The molecule has 3 N–H and O–H groups in total. The number of nitrogens with two attached hydrogens (primary N) is 1. The van der Waals surface area contributed by atoms with Crippen LogP contribution in [0.4, 0.5) is 0 Å². The van der Waals surface area contributed by atoms with Crippen LogP contribution in [0.5, 0.6) is 0 Å². The molecule has 0 heterocycles. The molecule has 0 aliphatic heterocycles. The molecule has 0 fully saturated rings. The Labute approximate surface area is 155 Å². The molecule has 0 aromatic heterocycles. The molecule has 0 radical (unpaired) electrons. The minimum atomic E-state index is -3.50. The van der Waals surface area contributed by atoms with Crippen molar-refractivity contribution in [2.45, 2.75) is 24.4 Å². The summed E-state index contributed by atoms with van der Waals surface area (Å²) in [4.78, 5) is 4.43. The van der Waals surface area contributed by atoms with E-state index in [4.69, 9.17) is 10.5 Å². The number of ether oxygens (including phenoxy) is 1. The van der Waals surface area contributed by atoms with Gasteiger partial charge in [0.1, 0.15) is 0 Å². The van der Waals surface area contributed by atoms with Crippen molar-refractivity contribution in [2.75, 3.05) is 27.8 Å². The number of halogens is 1. The fourth-order valence-electron chi connectivity index (χ4n) is 1.84. The molecule has 132 valence electrons. The lowest BCUT2D eigenvalue weighted by atomic mass is 10.2. The first-order valence-corrected chi connectivity index (χ1v) is 8.29. The summed E-state index contributed by atoms with van der Waals surface area (Å²) in [5.41, 5.74) is 6.39. The van der Waals surface area contributed by atoms with Gasteiger partial charge in [0, 0.05) is 27.2 Å². The van der Waals surface area contributed by atoms with Crippen LogP contribution in [-0.4, -0.2) is 52.5 Å². The van der Waals surface area contributed by atoms with E-state index in [1.54, 1.807) is 31.4 Å². The third-order valence-electron chi connectivity index (χ3n) is 2.96. The van der Waals surface area contributed by atoms with Gasteiger partial charge < -0.3 is 15.8 Å². The standard InChI is InChI=1S/C14H24N4O3S.HI/c1-11(10-21-4)17-14(15)16-9-12-7-5-6-8-13(12)22(19,20)18(2)3;/h5-8,11H,9-10H2,1-4H3,(H3,15,16,17);1H. The summed E-state index contributed by atoms with van der Waals surface area (Å²) in [6.45, 7) is 2.60. The fourth-order valence-corrected chi connectivity index (χ4v) is 2.95. The smallest absolute Gasteiger partial charge is 0.242 e. The van der Waals surface area contributed by atoms with Crippen molar-refractivity contribution in [3.05, 3.63) is 29.8 Å². The fraction of sp³-hybridized carbons (Fsp3) is 0.500. The highest BCUT2D eigenvalue weighted by Gasteiger charge is 2.20. The first-order chi connectivity index (χ1) is 10.3. The summed E-state index contributed by atoms with van der Waals surface area (Å²) in [7, 11) is 1.10. The molecule has 23 heavy (non-hydrogen) atoms. The molecule has 1 atom stereocenters. The van der Waals surface area contributed by atoms with Crippen molar-refractivity contribution in [3.63, 3.8) is 0 Å². The topological polar surface area (TPSA) is 97.0 Å². The molecule has 0 saturated heterocycles. The number of hydrogen-bond acceptors (Lipinski definition) is 4.